The first kappa shape index (κ1) is 22.2. The van der Waals surface area contributed by atoms with E-state index in [1.54, 1.807) is 24.4 Å². The Hall–Kier alpha value is -3.62. The molecule has 8 heteroatoms. The van der Waals surface area contributed by atoms with Crippen LogP contribution in [0.15, 0.2) is 66.9 Å². The number of nitrogens with one attached hydrogen (secondary N) is 2. The third kappa shape index (κ3) is 4.69. The number of nitrogens with zero attached hydrogens (tertiary/aromatic N) is 4. The number of likely N-dealkylation sites (tertiary alicyclic amines) is 1. The van der Waals surface area contributed by atoms with Crippen molar-refractivity contribution >= 4 is 5.95 Å². The maximum atomic E-state index is 13.6. The highest BCUT2D eigenvalue weighted by Crippen LogP contribution is 2.36. The van der Waals surface area contributed by atoms with Crippen LogP contribution in [0.3, 0.4) is 0 Å². The molecule has 0 atom stereocenters. The highest BCUT2D eigenvalue weighted by atomic mass is 19.1. The van der Waals surface area contributed by atoms with Crippen molar-refractivity contribution in [2.24, 2.45) is 0 Å². The molecular weight excluding hydrogens is 431 g/mol. The van der Waals surface area contributed by atoms with Crippen LogP contribution in [0.25, 0.3) is 22.6 Å². The molecule has 3 N–H and O–H groups in total. The van der Waals surface area contributed by atoms with Crippen LogP contribution in [0, 0.1) is 5.82 Å². The molecule has 7 nitrogen and oxygen atoms in total. The third-order valence-electron chi connectivity index (χ3n) is 6.28. The quantitative estimate of drug-likeness (QED) is 0.401. The summed E-state index contributed by atoms with van der Waals surface area (Å²) in [7, 11) is 2.04. The molecule has 0 unspecified atom stereocenters. The van der Waals surface area contributed by atoms with Crippen molar-refractivity contribution in [3.63, 3.8) is 0 Å². The molecule has 174 valence electrons. The number of hydrogen-bond acceptors (Lipinski definition) is 6. The van der Waals surface area contributed by atoms with E-state index in [0.29, 0.717) is 48.2 Å². The first-order valence-corrected chi connectivity index (χ1v) is 11.4. The van der Waals surface area contributed by atoms with E-state index in [9.17, 15) is 9.50 Å². The van der Waals surface area contributed by atoms with Crippen molar-refractivity contribution in [3.05, 3.63) is 84.1 Å². The van der Waals surface area contributed by atoms with E-state index in [2.05, 4.69) is 20.2 Å². The van der Waals surface area contributed by atoms with Gasteiger partial charge in [-0.1, -0.05) is 30.3 Å². The predicted octanol–water partition coefficient (Wildman–Crippen LogP) is 4.20. The van der Waals surface area contributed by atoms with Crippen molar-refractivity contribution in [3.8, 4) is 22.6 Å². The predicted molar refractivity (Wildman–Crippen MR) is 129 cm³/mol. The number of aromatic nitrogens is 4. The zero-order chi connectivity index (χ0) is 23.5. The molecule has 5 rings (SSSR count). The largest absolute Gasteiger partial charge is 0.382 e. The van der Waals surface area contributed by atoms with E-state index in [1.165, 1.54) is 12.1 Å². The second-order valence-electron chi connectivity index (χ2n) is 8.76. The van der Waals surface area contributed by atoms with Crippen LogP contribution in [0.5, 0.6) is 0 Å². The molecule has 1 fully saturated rings. The molecule has 3 heterocycles. The summed E-state index contributed by atoms with van der Waals surface area (Å²) in [6, 6.07) is 18.0. The SMILES string of the molecule is CN1CCC(O)(c2nc(-c3ccc(F)cc3)c(-c3ccnc(NCc4ccccc4)n3)[nH]2)CC1. The van der Waals surface area contributed by atoms with Crippen LogP contribution in [-0.4, -0.2) is 50.1 Å². The molecule has 0 saturated carbocycles. The van der Waals surface area contributed by atoms with Crippen LogP contribution in [0.4, 0.5) is 10.3 Å². The van der Waals surface area contributed by atoms with Gasteiger partial charge in [-0.05, 0) is 55.8 Å². The molecule has 0 radical (unpaired) electrons. The van der Waals surface area contributed by atoms with Gasteiger partial charge in [0.2, 0.25) is 5.95 Å². The van der Waals surface area contributed by atoms with Crippen molar-refractivity contribution in [2.45, 2.75) is 25.0 Å². The number of benzene rings is 2. The summed E-state index contributed by atoms with van der Waals surface area (Å²) < 4.78 is 13.6. The van der Waals surface area contributed by atoms with E-state index < -0.39 is 5.60 Å². The molecule has 1 saturated heterocycles. The Morgan fingerprint density at radius 3 is 2.50 bits per heavy atom. The second kappa shape index (κ2) is 9.32. The molecule has 0 spiro atoms. The minimum Gasteiger partial charge on any atom is -0.382 e. The van der Waals surface area contributed by atoms with Gasteiger partial charge < -0.3 is 20.3 Å². The fraction of sp³-hybridized carbons (Fsp3) is 0.269. The number of imidazole rings is 1. The maximum Gasteiger partial charge on any atom is 0.223 e. The number of aromatic amines is 1. The normalized spacial score (nSPS) is 15.9. The molecular formula is C26H27FN6O. The summed E-state index contributed by atoms with van der Waals surface area (Å²) >= 11 is 0. The highest BCUT2D eigenvalue weighted by Gasteiger charge is 2.37. The summed E-state index contributed by atoms with van der Waals surface area (Å²) in [5, 5.41) is 14.6. The third-order valence-corrected chi connectivity index (χ3v) is 6.28. The number of rotatable bonds is 6. The molecule has 0 bridgehead atoms. The number of hydrogen-bond donors (Lipinski definition) is 3. The van der Waals surface area contributed by atoms with Gasteiger partial charge >= 0.3 is 0 Å². The summed E-state index contributed by atoms with van der Waals surface area (Å²) in [5.41, 5.74) is 2.74. The van der Waals surface area contributed by atoms with Crippen molar-refractivity contribution in [1.29, 1.82) is 0 Å². The fourth-order valence-corrected chi connectivity index (χ4v) is 4.18. The Bertz CT molecular complexity index is 1250. The number of anilines is 1. The van der Waals surface area contributed by atoms with Gasteiger partial charge in [0.25, 0.3) is 0 Å². The standard InChI is InChI=1S/C26H27FN6O/c1-33-15-12-26(34,13-16-33)24-31-22(19-7-9-20(27)10-8-19)23(32-24)21-11-14-28-25(30-21)29-17-18-5-3-2-4-6-18/h2-11,14,34H,12-13,15-17H2,1H3,(H,31,32)(H,28,29,30). The monoisotopic (exact) mass is 458 g/mol. The van der Waals surface area contributed by atoms with E-state index in [0.717, 1.165) is 24.2 Å². The van der Waals surface area contributed by atoms with Crippen molar-refractivity contribution in [2.75, 3.05) is 25.5 Å². The zero-order valence-corrected chi connectivity index (χ0v) is 19.0. The average Bonchev–Trinajstić information content (AvgIpc) is 3.33. The Morgan fingerprint density at radius 1 is 1.03 bits per heavy atom. The van der Waals surface area contributed by atoms with Crippen LogP contribution in [0.2, 0.25) is 0 Å². The van der Waals surface area contributed by atoms with Crippen LogP contribution < -0.4 is 5.32 Å². The number of aliphatic hydroxyl groups is 1. The Balaban J connectivity index is 1.51. The smallest absolute Gasteiger partial charge is 0.223 e. The van der Waals surface area contributed by atoms with Gasteiger partial charge in [-0.2, -0.15) is 0 Å². The van der Waals surface area contributed by atoms with Crippen LogP contribution >= 0.6 is 0 Å². The Kier molecular flexibility index (Phi) is 6.08. The molecule has 2 aromatic heterocycles. The lowest BCUT2D eigenvalue weighted by Crippen LogP contribution is -2.41. The molecule has 1 aliphatic heterocycles. The summed E-state index contributed by atoms with van der Waals surface area (Å²) in [4.78, 5) is 19.4. The first-order chi connectivity index (χ1) is 16.5. The van der Waals surface area contributed by atoms with E-state index in [4.69, 9.17) is 9.97 Å². The first-order valence-electron chi connectivity index (χ1n) is 11.4. The molecule has 2 aromatic carbocycles. The van der Waals surface area contributed by atoms with E-state index >= 15 is 0 Å². The molecule has 1 aliphatic rings. The van der Waals surface area contributed by atoms with E-state index in [1.807, 2.05) is 37.4 Å². The fourth-order valence-electron chi connectivity index (χ4n) is 4.18. The van der Waals surface area contributed by atoms with Gasteiger partial charge in [0.15, 0.2) is 0 Å². The van der Waals surface area contributed by atoms with E-state index in [-0.39, 0.29) is 5.82 Å². The maximum absolute atomic E-state index is 13.6. The number of H-pyrrole nitrogens is 1. The van der Waals surface area contributed by atoms with Crippen LogP contribution in [0.1, 0.15) is 24.2 Å². The number of halogens is 1. The Morgan fingerprint density at radius 2 is 1.76 bits per heavy atom. The topological polar surface area (TPSA) is 90.0 Å². The number of piperidine rings is 1. The average molecular weight is 459 g/mol. The van der Waals surface area contributed by atoms with Gasteiger partial charge in [-0.25, -0.2) is 19.3 Å². The second-order valence-corrected chi connectivity index (χ2v) is 8.76. The Labute approximate surface area is 197 Å². The molecule has 34 heavy (non-hydrogen) atoms. The minimum atomic E-state index is -1.05. The molecule has 4 aromatic rings. The molecule has 0 aliphatic carbocycles. The zero-order valence-electron chi connectivity index (χ0n) is 19.0. The lowest BCUT2D eigenvalue weighted by molar-refractivity contribution is -0.0269. The lowest BCUT2D eigenvalue weighted by Gasteiger charge is -2.35. The van der Waals surface area contributed by atoms with Gasteiger partial charge in [0.05, 0.1) is 17.1 Å². The van der Waals surface area contributed by atoms with Crippen LogP contribution in [-0.2, 0) is 12.1 Å². The van der Waals surface area contributed by atoms with Gasteiger partial charge in [0, 0.05) is 31.4 Å². The summed E-state index contributed by atoms with van der Waals surface area (Å²) in [6.45, 7) is 2.15. The summed E-state index contributed by atoms with van der Waals surface area (Å²) in [6.07, 6.45) is 2.84. The lowest BCUT2D eigenvalue weighted by atomic mass is 9.91. The minimum absolute atomic E-state index is 0.315. The highest BCUT2D eigenvalue weighted by molar-refractivity contribution is 5.77. The van der Waals surface area contributed by atoms with Gasteiger partial charge in [-0.15, -0.1) is 0 Å². The molecule has 0 amide bonds. The van der Waals surface area contributed by atoms with Gasteiger partial charge in [-0.3, -0.25) is 0 Å². The van der Waals surface area contributed by atoms with Gasteiger partial charge in [0.1, 0.15) is 17.2 Å². The van der Waals surface area contributed by atoms with Crippen molar-refractivity contribution in [1.82, 2.24) is 24.8 Å². The summed E-state index contributed by atoms with van der Waals surface area (Å²) in [5.74, 6) is 0.678. The van der Waals surface area contributed by atoms with Crippen molar-refractivity contribution < 1.29 is 9.50 Å².